The van der Waals surface area contributed by atoms with Crippen LogP contribution in [0, 0.1) is 0 Å². The molecule has 0 spiro atoms. The molecule has 21 heavy (non-hydrogen) atoms. The van der Waals surface area contributed by atoms with Gasteiger partial charge in [0.2, 0.25) is 5.28 Å². The van der Waals surface area contributed by atoms with Crippen LogP contribution in [0.1, 0.15) is 25.5 Å². The number of aromatic nitrogens is 4. The summed E-state index contributed by atoms with van der Waals surface area (Å²) < 4.78 is 1.96. The minimum Gasteiger partial charge on any atom is -0.392 e. The predicted molar refractivity (Wildman–Crippen MR) is 82.1 cm³/mol. The summed E-state index contributed by atoms with van der Waals surface area (Å²) in [4.78, 5) is 13.0. The van der Waals surface area contributed by atoms with Crippen molar-refractivity contribution < 1.29 is 5.11 Å². The van der Waals surface area contributed by atoms with Crippen molar-refractivity contribution in [1.29, 1.82) is 0 Å². The smallest absolute Gasteiger partial charge is 0.225 e. The van der Waals surface area contributed by atoms with E-state index >= 15 is 0 Å². The van der Waals surface area contributed by atoms with Crippen molar-refractivity contribution in [3.63, 3.8) is 0 Å². The molecule has 0 unspecified atom stereocenters. The van der Waals surface area contributed by atoms with Crippen LogP contribution in [0.25, 0.3) is 22.4 Å². The summed E-state index contributed by atoms with van der Waals surface area (Å²) in [5, 5.41) is 9.46. The first-order chi connectivity index (χ1) is 10.1. The summed E-state index contributed by atoms with van der Waals surface area (Å²) in [6, 6.07) is 7.77. The fraction of sp³-hybridized carbons (Fsp3) is 0.267. The van der Waals surface area contributed by atoms with Crippen LogP contribution < -0.4 is 0 Å². The fourth-order valence-corrected chi connectivity index (χ4v) is 2.45. The third-order valence-electron chi connectivity index (χ3n) is 3.33. The van der Waals surface area contributed by atoms with Gasteiger partial charge in [-0.05, 0) is 37.1 Å². The molecule has 6 heteroatoms. The molecule has 5 nitrogen and oxygen atoms in total. The highest BCUT2D eigenvalue weighted by molar-refractivity contribution is 6.28. The van der Waals surface area contributed by atoms with E-state index in [1.807, 2.05) is 28.8 Å². The first kappa shape index (κ1) is 14.0. The molecular formula is C15H15ClN4O. The quantitative estimate of drug-likeness (QED) is 0.755. The van der Waals surface area contributed by atoms with Crippen LogP contribution in [0.15, 0.2) is 30.6 Å². The summed E-state index contributed by atoms with van der Waals surface area (Å²) in [6.45, 7) is 4.10. The second kappa shape index (κ2) is 5.42. The first-order valence-electron chi connectivity index (χ1n) is 6.70. The van der Waals surface area contributed by atoms with Crippen molar-refractivity contribution in [1.82, 2.24) is 19.5 Å². The zero-order chi connectivity index (χ0) is 15.0. The van der Waals surface area contributed by atoms with Gasteiger partial charge in [-0.15, -0.1) is 0 Å². The molecule has 2 heterocycles. The highest BCUT2D eigenvalue weighted by atomic mass is 35.5. The van der Waals surface area contributed by atoms with Crippen molar-refractivity contribution in [2.45, 2.75) is 26.5 Å². The Morgan fingerprint density at radius 3 is 2.81 bits per heavy atom. The van der Waals surface area contributed by atoms with Gasteiger partial charge in [0, 0.05) is 11.6 Å². The van der Waals surface area contributed by atoms with Crippen molar-refractivity contribution in [2.24, 2.45) is 0 Å². The molecule has 0 amide bonds. The van der Waals surface area contributed by atoms with Crippen LogP contribution in [-0.2, 0) is 6.61 Å². The molecule has 0 atom stereocenters. The number of aliphatic hydroxyl groups excluding tert-OH is 1. The Hall–Kier alpha value is -1.98. The second-order valence-electron chi connectivity index (χ2n) is 5.12. The highest BCUT2D eigenvalue weighted by Gasteiger charge is 2.15. The molecule has 0 saturated carbocycles. The lowest BCUT2D eigenvalue weighted by Crippen LogP contribution is -2.01. The lowest BCUT2D eigenvalue weighted by molar-refractivity contribution is 0.282. The summed E-state index contributed by atoms with van der Waals surface area (Å²) in [5.41, 5.74) is 3.79. The number of nitrogens with zero attached hydrogens (tertiary/aromatic N) is 4. The van der Waals surface area contributed by atoms with Crippen molar-refractivity contribution in [3.8, 4) is 11.3 Å². The van der Waals surface area contributed by atoms with Crippen molar-refractivity contribution in [2.75, 3.05) is 0 Å². The Balaban J connectivity index is 2.27. The maximum absolute atomic E-state index is 9.28. The number of imidazole rings is 1. The summed E-state index contributed by atoms with van der Waals surface area (Å²) >= 11 is 6.07. The zero-order valence-corrected chi connectivity index (χ0v) is 12.5. The molecule has 1 N–H and O–H groups in total. The van der Waals surface area contributed by atoms with Gasteiger partial charge in [-0.3, -0.25) is 0 Å². The van der Waals surface area contributed by atoms with Gasteiger partial charge in [-0.2, -0.15) is 4.98 Å². The number of hydrogen-bond donors (Lipinski definition) is 1. The van der Waals surface area contributed by atoms with Gasteiger partial charge in [0.05, 0.1) is 12.9 Å². The Bertz CT molecular complexity index is 797. The lowest BCUT2D eigenvalue weighted by atomic mass is 10.1. The molecule has 0 bridgehead atoms. The number of hydrogen-bond acceptors (Lipinski definition) is 4. The van der Waals surface area contributed by atoms with E-state index < -0.39 is 0 Å². The van der Waals surface area contributed by atoms with Gasteiger partial charge in [-0.1, -0.05) is 18.2 Å². The number of fused-ring (bicyclic) bond motifs is 1. The first-order valence-corrected chi connectivity index (χ1v) is 7.08. The van der Waals surface area contributed by atoms with Gasteiger partial charge >= 0.3 is 0 Å². The Morgan fingerprint density at radius 2 is 2.10 bits per heavy atom. The van der Waals surface area contributed by atoms with E-state index in [0.717, 1.165) is 16.8 Å². The summed E-state index contributed by atoms with van der Waals surface area (Å²) in [6.07, 6.45) is 1.75. The molecular weight excluding hydrogens is 288 g/mol. The Kier molecular flexibility index (Phi) is 3.61. The van der Waals surface area contributed by atoms with E-state index in [2.05, 4.69) is 28.8 Å². The maximum atomic E-state index is 9.28. The normalized spacial score (nSPS) is 11.5. The molecule has 0 radical (unpaired) electrons. The van der Waals surface area contributed by atoms with Gasteiger partial charge in [0.25, 0.3) is 0 Å². The van der Waals surface area contributed by atoms with Crippen molar-refractivity contribution in [3.05, 3.63) is 41.4 Å². The standard InChI is InChI=1S/C15H15ClN4O/c1-9(2)20-8-17-13-12(18-15(16)19-14(13)20)11-5-3-4-10(6-11)7-21/h3-6,8-9,21H,7H2,1-2H3. The third kappa shape index (κ3) is 2.50. The average Bonchev–Trinajstić information content (AvgIpc) is 2.90. The third-order valence-corrected chi connectivity index (χ3v) is 3.50. The predicted octanol–water partition coefficient (Wildman–Crippen LogP) is 3.22. The molecule has 0 fully saturated rings. The van der Waals surface area contributed by atoms with Gasteiger partial charge in [0.15, 0.2) is 5.65 Å². The van der Waals surface area contributed by atoms with Crippen LogP contribution in [0.2, 0.25) is 5.28 Å². The molecule has 1 aromatic carbocycles. The number of aliphatic hydroxyl groups is 1. The Labute approximate surface area is 127 Å². The molecule has 0 aliphatic carbocycles. The summed E-state index contributed by atoms with van der Waals surface area (Å²) in [5.74, 6) is 0. The Morgan fingerprint density at radius 1 is 1.29 bits per heavy atom. The largest absolute Gasteiger partial charge is 0.392 e. The number of halogens is 1. The van der Waals surface area contributed by atoms with E-state index in [9.17, 15) is 5.11 Å². The van der Waals surface area contributed by atoms with Crippen LogP contribution in [0.5, 0.6) is 0 Å². The SMILES string of the molecule is CC(C)n1cnc2c(-c3cccc(CO)c3)nc(Cl)nc21. The molecule has 0 aliphatic rings. The number of rotatable bonds is 3. The van der Waals surface area contributed by atoms with Gasteiger partial charge < -0.3 is 9.67 Å². The average molecular weight is 303 g/mol. The second-order valence-corrected chi connectivity index (χ2v) is 5.46. The van der Waals surface area contributed by atoms with E-state index in [0.29, 0.717) is 11.2 Å². The van der Waals surface area contributed by atoms with E-state index in [1.54, 1.807) is 6.33 Å². The van der Waals surface area contributed by atoms with E-state index in [1.165, 1.54) is 0 Å². The number of benzene rings is 1. The fourth-order valence-electron chi connectivity index (χ4n) is 2.29. The molecule has 108 valence electrons. The van der Waals surface area contributed by atoms with E-state index in [4.69, 9.17) is 11.6 Å². The van der Waals surface area contributed by atoms with Gasteiger partial charge in [-0.25, -0.2) is 9.97 Å². The van der Waals surface area contributed by atoms with Gasteiger partial charge in [0.1, 0.15) is 11.2 Å². The molecule has 0 saturated heterocycles. The zero-order valence-electron chi connectivity index (χ0n) is 11.8. The van der Waals surface area contributed by atoms with Crippen LogP contribution in [-0.4, -0.2) is 24.6 Å². The van der Waals surface area contributed by atoms with Crippen LogP contribution in [0.3, 0.4) is 0 Å². The van der Waals surface area contributed by atoms with E-state index in [-0.39, 0.29) is 17.9 Å². The maximum Gasteiger partial charge on any atom is 0.225 e. The van der Waals surface area contributed by atoms with Crippen LogP contribution in [0.4, 0.5) is 0 Å². The monoisotopic (exact) mass is 302 g/mol. The lowest BCUT2D eigenvalue weighted by Gasteiger charge is -2.08. The minimum absolute atomic E-state index is 0.0176. The molecule has 3 aromatic rings. The van der Waals surface area contributed by atoms with Crippen molar-refractivity contribution >= 4 is 22.8 Å². The molecule has 2 aromatic heterocycles. The summed E-state index contributed by atoms with van der Waals surface area (Å²) in [7, 11) is 0. The molecule has 0 aliphatic heterocycles. The molecule has 3 rings (SSSR count). The topological polar surface area (TPSA) is 63.8 Å². The minimum atomic E-state index is -0.0176. The highest BCUT2D eigenvalue weighted by Crippen LogP contribution is 2.28. The van der Waals surface area contributed by atoms with Crippen LogP contribution >= 0.6 is 11.6 Å².